The van der Waals surface area contributed by atoms with E-state index in [1.807, 2.05) is 13.8 Å². The van der Waals surface area contributed by atoms with Gasteiger partial charge in [0.2, 0.25) is 5.88 Å². The first-order valence-corrected chi connectivity index (χ1v) is 5.52. The van der Waals surface area contributed by atoms with Crippen LogP contribution in [0.25, 0.3) is 0 Å². The molecule has 90 valence electrons. The molecule has 2 aromatic rings. The second kappa shape index (κ2) is 4.76. The maximum atomic E-state index is 8.88. The van der Waals surface area contributed by atoms with Gasteiger partial charge in [0.15, 0.2) is 0 Å². The van der Waals surface area contributed by atoms with Crippen LogP contribution in [-0.2, 0) is 0 Å². The lowest BCUT2D eigenvalue weighted by molar-refractivity contribution is 0.457. The Morgan fingerprint density at radius 3 is 2.44 bits per heavy atom. The summed E-state index contributed by atoms with van der Waals surface area (Å²) in [5.41, 5.74) is 8.02. The standard InChI is InChI=1S/C14H13N3O/c1-9-6-11(8-15)7-10(2)14(9)18-13-5-3-4-12(16)17-13/h3-7H,1-2H3,(H2,16,17). The fraction of sp³-hybridized carbons (Fsp3) is 0.143. The van der Waals surface area contributed by atoms with E-state index in [0.717, 1.165) is 11.1 Å². The molecule has 0 saturated carbocycles. The lowest BCUT2D eigenvalue weighted by Crippen LogP contribution is -1.96. The molecule has 1 aromatic carbocycles. The summed E-state index contributed by atoms with van der Waals surface area (Å²) in [7, 11) is 0. The van der Waals surface area contributed by atoms with E-state index in [2.05, 4.69) is 11.1 Å². The van der Waals surface area contributed by atoms with E-state index < -0.39 is 0 Å². The topological polar surface area (TPSA) is 71.9 Å². The number of hydrogen-bond acceptors (Lipinski definition) is 4. The van der Waals surface area contributed by atoms with Crippen molar-refractivity contribution in [2.45, 2.75) is 13.8 Å². The Labute approximate surface area is 106 Å². The molecule has 0 atom stereocenters. The molecule has 4 nitrogen and oxygen atoms in total. The van der Waals surface area contributed by atoms with Gasteiger partial charge in [-0.1, -0.05) is 6.07 Å². The van der Waals surface area contributed by atoms with Gasteiger partial charge < -0.3 is 10.5 Å². The number of rotatable bonds is 2. The molecular formula is C14H13N3O. The number of ether oxygens (including phenoxy) is 1. The van der Waals surface area contributed by atoms with E-state index in [-0.39, 0.29) is 0 Å². The van der Waals surface area contributed by atoms with Gasteiger partial charge in [-0.2, -0.15) is 10.2 Å². The van der Waals surface area contributed by atoms with Crippen molar-refractivity contribution >= 4 is 5.82 Å². The Morgan fingerprint density at radius 1 is 1.22 bits per heavy atom. The molecule has 0 unspecified atom stereocenters. The van der Waals surface area contributed by atoms with Crippen LogP contribution in [0.4, 0.5) is 5.82 Å². The third kappa shape index (κ3) is 2.41. The first kappa shape index (κ1) is 11.9. The SMILES string of the molecule is Cc1cc(C#N)cc(C)c1Oc1cccc(N)n1. The van der Waals surface area contributed by atoms with Crippen LogP contribution in [0, 0.1) is 25.2 Å². The highest BCUT2D eigenvalue weighted by molar-refractivity contribution is 5.48. The van der Waals surface area contributed by atoms with Gasteiger partial charge in [0.25, 0.3) is 0 Å². The van der Waals surface area contributed by atoms with E-state index in [9.17, 15) is 0 Å². The molecule has 0 radical (unpaired) electrons. The van der Waals surface area contributed by atoms with Gasteiger partial charge in [-0.15, -0.1) is 0 Å². The van der Waals surface area contributed by atoms with E-state index in [0.29, 0.717) is 23.0 Å². The summed E-state index contributed by atoms with van der Waals surface area (Å²) in [6.45, 7) is 3.80. The van der Waals surface area contributed by atoms with Crippen molar-refractivity contribution in [3.05, 3.63) is 47.0 Å². The number of pyridine rings is 1. The number of aryl methyl sites for hydroxylation is 2. The van der Waals surface area contributed by atoms with Crippen molar-refractivity contribution in [1.82, 2.24) is 4.98 Å². The third-order valence-electron chi connectivity index (χ3n) is 2.54. The van der Waals surface area contributed by atoms with Crippen LogP contribution >= 0.6 is 0 Å². The molecule has 1 heterocycles. The number of aromatic nitrogens is 1. The molecule has 2 rings (SSSR count). The molecule has 0 aliphatic heterocycles. The third-order valence-corrected chi connectivity index (χ3v) is 2.54. The average molecular weight is 239 g/mol. The lowest BCUT2D eigenvalue weighted by atomic mass is 10.1. The number of nitrogens with two attached hydrogens (primary N) is 1. The van der Waals surface area contributed by atoms with E-state index in [1.54, 1.807) is 30.3 Å². The van der Waals surface area contributed by atoms with Crippen LogP contribution < -0.4 is 10.5 Å². The predicted molar refractivity (Wildman–Crippen MR) is 69.4 cm³/mol. The molecule has 0 bridgehead atoms. The zero-order valence-corrected chi connectivity index (χ0v) is 10.3. The Kier molecular flexibility index (Phi) is 3.16. The number of nitrogen functional groups attached to an aromatic ring is 1. The zero-order valence-electron chi connectivity index (χ0n) is 10.3. The Balaban J connectivity index is 2.38. The first-order valence-electron chi connectivity index (χ1n) is 5.52. The highest BCUT2D eigenvalue weighted by Crippen LogP contribution is 2.29. The Bertz CT molecular complexity index is 606. The molecule has 0 saturated heterocycles. The van der Waals surface area contributed by atoms with Gasteiger partial charge in [0, 0.05) is 6.07 Å². The molecule has 0 aliphatic carbocycles. The fourth-order valence-corrected chi connectivity index (χ4v) is 1.77. The molecule has 4 heteroatoms. The van der Waals surface area contributed by atoms with Gasteiger partial charge in [-0.3, -0.25) is 0 Å². The first-order chi connectivity index (χ1) is 8.60. The van der Waals surface area contributed by atoms with Crippen LogP contribution in [-0.4, -0.2) is 4.98 Å². The minimum absolute atomic E-state index is 0.413. The number of hydrogen-bond donors (Lipinski definition) is 1. The minimum Gasteiger partial charge on any atom is -0.438 e. The van der Waals surface area contributed by atoms with Crippen LogP contribution in [0.1, 0.15) is 16.7 Å². The van der Waals surface area contributed by atoms with Crippen LogP contribution in [0.5, 0.6) is 11.6 Å². The summed E-state index contributed by atoms with van der Waals surface area (Å²) in [6, 6.07) is 10.9. The van der Waals surface area contributed by atoms with Gasteiger partial charge in [0.1, 0.15) is 11.6 Å². The molecular weight excluding hydrogens is 226 g/mol. The van der Waals surface area contributed by atoms with Crippen molar-refractivity contribution in [3.8, 4) is 17.7 Å². The Morgan fingerprint density at radius 2 is 1.89 bits per heavy atom. The van der Waals surface area contributed by atoms with Crippen molar-refractivity contribution in [2.75, 3.05) is 5.73 Å². The number of nitrogens with zero attached hydrogens (tertiary/aromatic N) is 2. The molecule has 0 aliphatic rings. The molecule has 0 amide bonds. The maximum Gasteiger partial charge on any atom is 0.221 e. The lowest BCUT2D eigenvalue weighted by Gasteiger charge is -2.11. The Hall–Kier alpha value is -2.54. The van der Waals surface area contributed by atoms with Crippen LogP contribution in [0.2, 0.25) is 0 Å². The largest absolute Gasteiger partial charge is 0.438 e. The predicted octanol–water partition coefficient (Wildman–Crippen LogP) is 2.94. The van der Waals surface area contributed by atoms with E-state index in [1.165, 1.54) is 0 Å². The van der Waals surface area contributed by atoms with Crippen LogP contribution in [0.3, 0.4) is 0 Å². The molecule has 0 spiro atoms. The summed E-state index contributed by atoms with van der Waals surface area (Å²) in [5, 5.41) is 8.88. The minimum atomic E-state index is 0.413. The number of anilines is 1. The van der Waals surface area contributed by atoms with Crippen molar-refractivity contribution in [3.63, 3.8) is 0 Å². The van der Waals surface area contributed by atoms with Gasteiger partial charge in [0.05, 0.1) is 11.6 Å². The van der Waals surface area contributed by atoms with Gasteiger partial charge in [-0.25, -0.2) is 0 Å². The number of nitriles is 1. The van der Waals surface area contributed by atoms with Crippen molar-refractivity contribution in [2.24, 2.45) is 0 Å². The monoisotopic (exact) mass is 239 g/mol. The molecule has 2 N–H and O–H groups in total. The normalized spacial score (nSPS) is 9.83. The quantitative estimate of drug-likeness (QED) is 0.874. The maximum absolute atomic E-state index is 8.88. The summed E-state index contributed by atoms with van der Waals surface area (Å²) in [4.78, 5) is 4.08. The van der Waals surface area contributed by atoms with Crippen LogP contribution in [0.15, 0.2) is 30.3 Å². The van der Waals surface area contributed by atoms with Gasteiger partial charge >= 0.3 is 0 Å². The second-order valence-electron chi connectivity index (χ2n) is 4.05. The summed E-state index contributed by atoms with van der Waals surface area (Å²) in [5.74, 6) is 1.58. The average Bonchev–Trinajstić information content (AvgIpc) is 2.33. The molecule has 0 fully saturated rings. The van der Waals surface area contributed by atoms with Crippen molar-refractivity contribution in [1.29, 1.82) is 5.26 Å². The van der Waals surface area contributed by atoms with Crippen molar-refractivity contribution < 1.29 is 4.74 Å². The van der Waals surface area contributed by atoms with E-state index in [4.69, 9.17) is 15.7 Å². The zero-order chi connectivity index (χ0) is 13.1. The highest BCUT2D eigenvalue weighted by atomic mass is 16.5. The smallest absolute Gasteiger partial charge is 0.221 e. The van der Waals surface area contributed by atoms with E-state index >= 15 is 0 Å². The summed E-state index contributed by atoms with van der Waals surface area (Å²) in [6.07, 6.45) is 0. The number of benzene rings is 1. The summed E-state index contributed by atoms with van der Waals surface area (Å²) >= 11 is 0. The highest BCUT2D eigenvalue weighted by Gasteiger charge is 2.08. The second-order valence-corrected chi connectivity index (χ2v) is 4.05. The summed E-state index contributed by atoms with van der Waals surface area (Å²) < 4.78 is 5.72. The van der Waals surface area contributed by atoms with Gasteiger partial charge in [-0.05, 0) is 43.2 Å². The fourth-order valence-electron chi connectivity index (χ4n) is 1.77. The molecule has 1 aromatic heterocycles. The molecule has 18 heavy (non-hydrogen) atoms.